The van der Waals surface area contributed by atoms with Crippen LogP contribution in [0, 0.1) is 11.6 Å². The summed E-state index contributed by atoms with van der Waals surface area (Å²) in [5.74, 6) is -1.84. The van der Waals surface area contributed by atoms with Gasteiger partial charge in [0.2, 0.25) is 0 Å². The molecule has 5 heteroatoms. The van der Waals surface area contributed by atoms with Crippen LogP contribution in [0.5, 0.6) is 0 Å². The zero-order valence-corrected chi connectivity index (χ0v) is 10.8. The molecular formula is C15H8ClF2NO. The zero-order chi connectivity index (χ0) is 14.3. The summed E-state index contributed by atoms with van der Waals surface area (Å²) in [6.07, 6.45) is 1.21. The lowest BCUT2D eigenvalue weighted by molar-refractivity contribution is -0.110. The fraction of sp³-hybridized carbons (Fsp3) is 0. The molecule has 0 bridgehead atoms. The third kappa shape index (κ3) is 2.08. The molecular weight excluding hydrogens is 284 g/mol. The maximum atomic E-state index is 13.6. The molecule has 0 saturated carbocycles. The van der Waals surface area contributed by atoms with Crippen LogP contribution in [0.3, 0.4) is 0 Å². The van der Waals surface area contributed by atoms with Crippen molar-refractivity contribution in [2.45, 2.75) is 0 Å². The normalized spacial score (nSPS) is 15.3. The van der Waals surface area contributed by atoms with E-state index in [0.717, 1.165) is 12.1 Å². The van der Waals surface area contributed by atoms with Crippen molar-refractivity contribution < 1.29 is 13.6 Å². The van der Waals surface area contributed by atoms with Crippen molar-refractivity contribution in [3.05, 3.63) is 64.2 Å². The first-order valence-corrected chi connectivity index (χ1v) is 6.21. The second-order valence-electron chi connectivity index (χ2n) is 4.34. The van der Waals surface area contributed by atoms with Crippen LogP contribution in [0.15, 0.2) is 36.4 Å². The predicted molar refractivity (Wildman–Crippen MR) is 74.3 cm³/mol. The summed E-state index contributed by atoms with van der Waals surface area (Å²) >= 11 is 5.84. The molecule has 2 aromatic rings. The van der Waals surface area contributed by atoms with Crippen molar-refractivity contribution >= 4 is 34.8 Å². The molecule has 1 N–H and O–H groups in total. The van der Waals surface area contributed by atoms with E-state index in [1.54, 1.807) is 18.2 Å². The van der Waals surface area contributed by atoms with E-state index in [-0.39, 0.29) is 11.1 Å². The van der Waals surface area contributed by atoms with E-state index in [1.165, 1.54) is 12.1 Å². The summed E-state index contributed by atoms with van der Waals surface area (Å²) in [5, 5.41) is 3.09. The molecule has 100 valence electrons. The Labute approximate surface area is 118 Å². The van der Waals surface area contributed by atoms with E-state index in [2.05, 4.69) is 5.32 Å². The van der Waals surface area contributed by atoms with E-state index in [0.29, 0.717) is 16.3 Å². The summed E-state index contributed by atoms with van der Waals surface area (Å²) in [6, 6.07) is 8.41. The topological polar surface area (TPSA) is 29.1 Å². The Morgan fingerprint density at radius 1 is 1.10 bits per heavy atom. The van der Waals surface area contributed by atoms with Crippen LogP contribution in [0.2, 0.25) is 5.02 Å². The Hall–Kier alpha value is -2.20. The molecule has 0 unspecified atom stereocenters. The van der Waals surface area contributed by atoms with Gasteiger partial charge in [-0.15, -0.1) is 0 Å². The van der Waals surface area contributed by atoms with Gasteiger partial charge in [-0.25, -0.2) is 8.78 Å². The molecule has 0 fully saturated rings. The molecule has 0 radical (unpaired) electrons. The maximum Gasteiger partial charge on any atom is 0.256 e. The van der Waals surface area contributed by atoms with Gasteiger partial charge < -0.3 is 5.32 Å². The first-order valence-electron chi connectivity index (χ1n) is 5.83. The molecule has 1 aliphatic heterocycles. The molecule has 0 aromatic heterocycles. The van der Waals surface area contributed by atoms with Crippen LogP contribution < -0.4 is 5.32 Å². The summed E-state index contributed by atoms with van der Waals surface area (Å²) in [4.78, 5) is 11.9. The molecule has 2 nitrogen and oxygen atoms in total. The lowest BCUT2D eigenvalue weighted by Gasteiger charge is -2.01. The van der Waals surface area contributed by atoms with Gasteiger partial charge in [-0.3, -0.25) is 4.79 Å². The molecule has 1 amide bonds. The van der Waals surface area contributed by atoms with Gasteiger partial charge in [0.1, 0.15) is 11.6 Å². The lowest BCUT2D eigenvalue weighted by Crippen LogP contribution is -2.04. The summed E-state index contributed by atoms with van der Waals surface area (Å²) in [6.45, 7) is 0. The number of carbonyl (C=O) groups excluding carboxylic acids is 1. The fourth-order valence-corrected chi connectivity index (χ4v) is 2.28. The highest BCUT2D eigenvalue weighted by Crippen LogP contribution is 2.35. The first kappa shape index (κ1) is 12.8. The molecule has 1 aliphatic rings. The summed E-state index contributed by atoms with van der Waals surface area (Å²) in [5.41, 5.74) is 1.08. The van der Waals surface area contributed by atoms with Crippen LogP contribution >= 0.6 is 11.6 Å². The van der Waals surface area contributed by atoms with Crippen molar-refractivity contribution in [1.82, 2.24) is 0 Å². The molecule has 0 atom stereocenters. The fourth-order valence-electron chi connectivity index (χ4n) is 2.10. The molecule has 0 spiro atoms. The van der Waals surface area contributed by atoms with Gasteiger partial charge in [0.25, 0.3) is 5.91 Å². The number of carbonyl (C=O) groups is 1. The molecule has 20 heavy (non-hydrogen) atoms. The van der Waals surface area contributed by atoms with Gasteiger partial charge in [-0.05, 0) is 30.3 Å². The van der Waals surface area contributed by atoms with Crippen LogP contribution in [0.25, 0.3) is 11.6 Å². The van der Waals surface area contributed by atoms with Crippen LogP contribution in [0.4, 0.5) is 14.5 Å². The third-order valence-corrected chi connectivity index (χ3v) is 3.29. The quantitative estimate of drug-likeness (QED) is 0.787. The summed E-state index contributed by atoms with van der Waals surface area (Å²) < 4.78 is 27.3. The van der Waals surface area contributed by atoms with Gasteiger partial charge >= 0.3 is 0 Å². The largest absolute Gasteiger partial charge is 0.321 e. The number of amides is 1. The van der Waals surface area contributed by atoms with E-state index >= 15 is 0 Å². The van der Waals surface area contributed by atoms with Gasteiger partial charge in [0.15, 0.2) is 0 Å². The monoisotopic (exact) mass is 291 g/mol. The SMILES string of the molecule is O=C1Nc2cc(Cl)ccc2/C1=C\c1c(F)cccc1F. The summed E-state index contributed by atoms with van der Waals surface area (Å²) in [7, 11) is 0. The second-order valence-corrected chi connectivity index (χ2v) is 4.77. The Balaban J connectivity index is 2.16. The van der Waals surface area contributed by atoms with Crippen molar-refractivity contribution in [2.75, 3.05) is 5.32 Å². The Kier molecular flexibility index (Phi) is 3.03. The van der Waals surface area contributed by atoms with Crippen molar-refractivity contribution in [3.63, 3.8) is 0 Å². The highest BCUT2D eigenvalue weighted by atomic mass is 35.5. The number of hydrogen-bond donors (Lipinski definition) is 1. The molecule has 0 saturated heterocycles. The van der Waals surface area contributed by atoms with E-state index in [1.807, 2.05) is 0 Å². The van der Waals surface area contributed by atoms with E-state index in [4.69, 9.17) is 11.6 Å². The highest BCUT2D eigenvalue weighted by Gasteiger charge is 2.25. The molecule has 2 aromatic carbocycles. The minimum atomic E-state index is -0.715. The Bertz CT molecular complexity index is 735. The lowest BCUT2D eigenvalue weighted by atomic mass is 10.0. The molecule has 1 heterocycles. The van der Waals surface area contributed by atoms with Gasteiger partial charge in [0.05, 0.1) is 5.69 Å². The number of anilines is 1. The minimum absolute atomic E-state index is 0.209. The van der Waals surface area contributed by atoms with Crippen molar-refractivity contribution in [1.29, 1.82) is 0 Å². The molecule has 3 rings (SSSR count). The van der Waals surface area contributed by atoms with Crippen molar-refractivity contribution in [2.24, 2.45) is 0 Å². The maximum absolute atomic E-state index is 13.6. The van der Waals surface area contributed by atoms with Gasteiger partial charge in [-0.2, -0.15) is 0 Å². The third-order valence-electron chi connectivity index (χ3n) is 3.05. The number of hydrogen-bond acceptors (Lipinski definition) is 1. The van der Waals surface area contributed by atoms with Gasteiger partial charge in [0, 0.05) is 21.7 Å². The number of halogens is 3. The number of nitrogens with one attached hydrogen (secondary N) is 1. The number of benzene rings is 2. The van der Waals surface area contributed by atoms with Crippen LogP contribution in [-0.2, 0) is 4.79 Å². The Morgan fingerprint density at radius 3 is 2.50 bits per heavy atom. The number of fused-ring (bicyclic) bond motifs is 1. The van der Waals surface area contributed by atoms with Crippen LogP contribution in [0.1, 0.15) is 11.1 Å². The van der Waals surface area contributed by atoms with Crippen molar-refractivity contribution in [3.8, 4) is 0 Å². The van der Waals surface area contributed by atoms with Crippen LogP contribution in [-0.4, -0.2) is 5.91 Å². The zero-order valence-electron chi connectivity index (χ0n) is 10.1. The Morgan fingerprint density at radius 2 is 1.80 bits per heavy atom. The van der Waals surface area contributed by atoms with Gasteiger partial charge in [-0.1, -0.05) is 23.7 Å². The highest BCUT2D eigenvalue weighted by molar-refractivity contribution is 6.36. The molecule has 0 aliphatic carbocycles. The smallest absolute Gasteiger partial charge is 0.256 e. The number of rotatable bonds is 1. The average molecular weight is 292 g/mol. The second kappa shape index (κ2) is 4.72. The van der Waals surface area contributed by atoms with E-state index < -0.39 is 17.5 Å². The first-order chi connectivity index (χ1) is 9.56. The van der Waals surface area contributed by atoms with E-state index in [9.17, 15) is 13.6 Å². The average Bonchev–Trinajstić information content (AvgIpc) is 2.69. The minimum Gasteiger partial charge on any atom is -0.321 e. The standard InChI is InChI=1S/C15H8ClF2NO/c16-8-4-5-9-10(15(20)19-14(9)6-8)7-11-12(17)2-1-3-13(11)18/h1-7H,(H,19,20)/b10-7+. The predicted octanol–water partition coefficient (Wildman–Crippen LogP) is 4.11.